The Kier molecular flexibility index (Phi) is 9.51. The fourth-order valence-electron chi connectivity index (χ4n) is 4.96. The normalized spacial score (nSPS) is 17.6. The second-order valence-corrected chi connectivity index (χ2v) is 11.4. The predicted octanol–water partition coefficient (Wildman–Crippen LogP) is 3.14. The first-order valence-corrected chi connectivity index (χ1v) is 14.5. The molecule has 4 rings (SSSR count). The molecule has 1 amide bonds. The van der Waals surface area contributed by atoms with E-state index in [2.05, 4.69) is 15.0 Å². The Bertz CT molecular complexity index is 1480. The number of anilines is 1. The Morgan fingerprint density at radius 2 is 1.88 bits per heavy atom. The van der Waals surface area contributed by atoms with Gasteiger partial charge in [0.05, 0.1) is 30.7 Å². The maximum Gasteiger partial charge on any atom is 0.308 e. The minimum atomic E-state index is -4.21. The summed E-state index contributed by atoms with van der Waals surface area (Å²) in [6, 6.07) is 8.29. The topological polar surface area (TPSA) is 149 Å². The van der Waals surface area contributed by atoms with Gasteiger partial charge in [-0.3, -0.25) is 14.9 Å². The molecular weight excluding hydrogens is 543 g/mol. The molecular formula is C27H33FN4O7S. The molecule has 1 saturated carbocycles. The number of imidazole rings is 1. The third-order valence-electron chi connectivity index (χ3n) is 7.06. The van der Waals surface area contributed by atoms with Crippen molar-refractivity contribution in [2.45, 2.75) is 49.6 Å². The number of aromatic nitrogens is 2. The van der Waals surface area contributed by atoms with Crippen LogP contribution < -0.4 is 10.0 Å². The fourth-order valence-corrected chi connectivity index (χ4v) is 6.13. The first kappa shape index (κ1) is 29.6. The number of halogens is 1. The lowest BCUT2D eigenvalue weighted by Gasteiger charge is -2.29. The second kappa shape index (κ2) is 12.9. The number of fused-ring (bicyclic) bond motifs is 1. The molecule has 3 aromatic rings. The van der Waals surface area contributed by atoms with Crippen LogP contribution in [0.2, 0.25) is 0 Å². The number of hydrogen-bond donors (Lipinski definition) is 3. The Hall–Kier alpha value is -3.39. The number of sulfonamides is 1. The highest BCUT2D eigenvalue weighted by atomic mass is 32.2. The molecule has 40 heavy (non-hydrogen) atoms. The van der Waals surface area contributed by atoms with Gasteiger partial charge < -0.3 is 19.1 Å². The van der Waals surface area contributed by atoms with Gasteiger partial charge in [0.2, 0.25) is 16.0 Å². The molecule has 0 atom stereocenters. The number of methoxy groups -OCH3 is 2. The Balaban J connectivity index is 1.63. The number of aliphatic hydroxyl groups is 1. The molecule has 3 N–H and O–H groups in total. The van der Waals surface area contributed by atoms with Crippen LogP contribution in [0.3, 0.4) is 0 Å². The van der Waals surface area contributed by atoms with Crippen molar-refractivity contribution >= 4 is 38.9 Å². The van der Waals surface area contributed by atoms with Crippen LogP contribution in [-0.2, 0) is 30.9 Å². The predicted molar refractivity (Wildman–Crippen MR) is 145 cm³/mol. The van der Waals surface area contributed by atoms with E-state index in [0.29, 0.717) is 55.3 Å². The summed E-state index contributed by atoms with van der Waals surface area (Å²) in [5.74, 6) is -1.88. The van der Waals surface area contributed by atoms with Crippen molar-refractivity contribution in [3.8, 4) is 0 Å². The molecule has 1 heterocycles. The fraction of sp³-hybridized carbons (Fsp3) is 0.444. The van der Waals surface area contributed by atoms with Gasteiger partial charge in [-0.2, -0.15) is 0 Å². The largest absolute Gasteiger partial charge is 0.469 e. The van der Waals surface area contributed by atoms with Gasteiger partial charge >= 0.3 is 5.97 Å². The Morgan fingerprint density at radius 1 is 1.12 bits per heavy atom. The van der Waals surface area contributed by atoms with E-state index in [1.54, 1.807) is 18.2 Å². The first-order valence-electron chi connectivity index (χ1n) is 13.0. The van der Waals surface area contributed by atoms with Gasteiger partial charge in [-0.1, -0.05) is 6.07 Å². The average molecular weight is 577 g/mol. The quantitative estimate of drug-likeness (QED) is 0.233. The zero-order valence-electron chi connectivity index (χ0n) is 22.4. The highest BCUT2D eigenvalue weighted by Gasteiger charge is 2.30. The molecule has 2 aromatic carbocycles. The molecule has 1 aliphatic carbocycles. The van der Waals surface area contributed by atoms with Crippen LogP contribution in [0.1, 0.15) is 54.1 Å². The lowest BCUT2D eigenvalue weighted by atomic mass is 9.86. The van der Waals surface area contributed by atoms with Crippen LogP contribution in [0.4, 0.5) is 10.3 Å². The summed E-state index contributed by atoms with van der Waals surface area (Å²) >= 11 is 0. The zero-order chi connectivity index (χ0) is 28.9. The lowest BCUT2D eigenvalue weighted by molar-refractivity contribution is -0.146. The molecule has 1 aliphatic rings. The van der Waals surface area contributed by atoms with E-state index in [1.165, 1.54) is 20.3 Å². The highest BCUT2D eigenvalue weighted by molar-refractivity contribution is 7.89. The van der Waals surface area contributed by atoms with Crippen molar-refractivity contribution in [2.24, 2.45) is 5.92 Å². The second-order valence-electron chi connectivity index (χ2n) is 9.66. The van der Waals surface area contributed by atoms with Crippen LogP contribution >= 0.6 is 0 Å². The molecule has 1 fully saturated rings. The van der Waals surface area contributed by atoms with Crippen molar-refractivity contribution in [3.63, 3.8) is 0 Å². The number of nitrogens with zero attached hydrogens (tertiary/aromatic N) is 2. The van der Waals surface area contributed by atoms with Gasteiger partial charge in [-0.25, -0.2) is 22.5 Å². The minimum absolute atomic E-state index is 0.0457. The van der Waals surface area contributed by atoms with Gasteiger partial charge in [-0.05, 0) is 68.0 Å². The summed E-state index contributed by atoms with van der Waals surface area (Å²) in [5.41, 5.74) is 1.89. The molecule has 0 saturated heterocycles. The summed E-state index contributed by atoms with van der Waals surface area (Å²) in [5, 5.41) is 12.4. The smallest absolute Gasteiger partial charge is 0.308 e. The number of aliphatic hydroxyl groups excluding tert-OH is 1. The number of carbonyl (C=O) groups excluding carboxylic acids is 2. The van der Waals surface area contributed by atoms with E-state index in [0.717, 1.165) is 12.1 Å². The van der Waals surface area contributed by atoms with Gasteiger partial charge in [0.1, 0.15) is 10.7 Å². The lowest BCUT2D eigenvalue weighted by Crippen LogP contribution is -2.27. The van der Waals surface area contributed by atoms with E-state index < -0.39 is 26.6 Å². The number of benzene rings is 2. The molecule has 13 heteroatoms. The van der Waals surface area contributed by atoms with Gasteiger partial charge in [0, 0.05) is 31.9 Å². The Labute approximate surface area is 231 Å². The maximum atomic E-state index is 14.5. The third kappa shape index (κ3) is 6.49. The van der Waals surface area contributed by atoms with Gasteiger partial charge in [0.15, 0.2) is 0 Å². The van der Waals surface area contributed by atoms with Gasteiger partial charge in [0.25, 0.3) is 5.91 Å². The molecule has 0 radical (unpaired) electrons. The van der Waals surface area contributed by atoms with E-state index >= 15 is 0 Å². The minimum Gasteiger partial charge on any atom is -0.469 e. The number of nitrogens with one attached hydrogen (secondary N) is 2. The summed E-state index contributed by atoms with van der Waals surface area (Å²) in [6.07, 6.45) is 2.85. The SMILES string of the molecule is COCCCNS(=O)(=O)c1cc(C(=O)Nc2nc3ccc(CO)cc3n2C2CCC(C(=O)OC)CC2)ccc1F. The van der Waals surface area contributed by atoms with Crippen molar-refractivity contribution in [2.75, 3.05) is 32.7 Å². The van der Waals surface area contributed by atoms with Crippen molar-refractivity contribution in [1.82, 2.24) is 14.3 Å². The van der Waals surface area contributed by atoms with Crippen molar-refractivity contribution in [1.29, 1.82) is 0 Å². The molecule has 0 aliphatic heterocycles. The van der Waals surface area contributed by atoms with Crippen LogP contribution in [0, 0.1) is 11.7 Å². The van der Waals surface area contributed by atoms with E-state index in [1.807, 2.05) is 4.57 Å². The van der Waals surface area contributed by atoms with Crippen LogP contribution in [-0.4, -0.2) is 62.3 Å². The van der Waals surface area contributed by atoms with E-state index in [4.69, 9.17) is 9.47 Å². The number of hydrogen-bond acceptors (Lipinski definition) is 8. The number of rotatable bonds is 11. The molecule has 11 nitrogen and oxygen atoms in total. The summed E-state index contributed by atoms with van der Waals surface area (Å²) in [4.78, 5) is 29.3. The standard InChI is InChI=1S/C27H33FN4O7S/c1-38-13-3-12-29-40(36,37)24-15-19(7-10-21(24)28)25(34)31-27-30-22-11-4-17(16-33)14-23(22)32(27)20-8-5-18(6-9-20)26(35)39-2/h4,7,10-11,14-15,18,20,29,33H,3,5-6,8-9,12-13,16H2,1-2H3,(H,30,31,34). The molecule has 0 unspecified atom stereocenters. The Morgan fingerprint density at radius 3 is 2.55 bits per heavy atom. The number of ether oxygens (including phenoxy) is 2. The maximum absolute atomic E-state index is 14.5. The molecule has 0 spiro atoms. The van der Waals surface area contributed by atoms with E-state index in [9.17, 15) is 27.5 Å². The molecule has 0 bridgehead atoms. The summed E-state index contributed by atoms with van der Waals surface area (Å²) < 4.78 is 53.9. The summed E-state index contributed by atoms with van der Waals surface area (Å²) in [7, 11) is -1.36. The summed E-state index contributed by atoms with van der Waals surface area (Å²) in [6.45, 7) is 0.201. The van der Waals surface area contributed by atoms with Crippen molar-refractivity contribution < 1.29 is 37.0 Å². The monoisotopic (exact) mass is 576 g/mol. The van der Waals surface area contributed by atoms with Gasteiger partial charge in [-0.15, -0.1) is 0 Å². The highest BCUT2D eigenvalue weighted by Crippen LogP contribution is 2.37. The first-order chi connectivity index (χ1) is 19.2. The third-order valence-corrected chi connectivity index (χ3v) is 8.53. The van der Waals surface area contributed by atoms with Crippen LogP contribution in [0.25, 0.3) is 11.0 Å². The number of amides is 1. The van der Waals surface area contributed by atoms with E-state index in [-0.39, 0.29) is 42.6 Å². The average Bonchev–Trinajstić information content (AvgIpc) is 3.31. The molecule has 216 valence electrons. The van der Waals surface area contributed by atoms with Crippen LogP contribution in [0.15, 0.2) is 41.3 Å². The zero-order valence-corrected chi connectivity index (χ0v) is 23.2. The van der Waals surface area contributed by atoms with Crippen molar-refractivity contribution in [3.05, 3.63) is 53.3 Å². The number of carbonyl (C=O) groups is 2. The molecule has 1 aromatic heterocycles. The van der Waals surface area contributed by atoms with Crippen LogP contribution in [0.5, 0.6) is 0 Å². The number of esters is 1.